The van der Waals surface area contributed by atoms with Crippen molar-refractivity contribution in [1.82, 2.24) is 0 Å². The number of hydrogen-bond acceptors (Lipinski definition) is 4. The molecule has 0 aliphatic heterocycles. The third kappa shape index (κ3) is 5.57. The van der Waals surface area contributed by atoms with Crippen molar-refractivity contribution in [2.45, 2.75) is 6.92 Å². The number of halogens is 3. The monoisotopic (exact) mass is 505 g/mol. The quantitative estimate of drug-likeness (QED) is 0.215. The van der Waals surface area contributed by atoms with Crippen LogP contribution in [0.3, 0.4) is 0 Å². The molecule has 0 amide bonds. The maximum absolute atomic E-state index is 11.4. The van der Waals surface area contributed by atoms with Crippen molar-refractivity contribution >= 4 is 56.9 Å². The van der Waals surface area contributed by atoms with E-state index in [0.717, 1.165) is 21.2 Å². The Hall–Kier alpha value is -2.47. The molecule has 0 heterocycles. The highest BCUT2D eigenvalue weighted by atomic mass is 79.9. The summed E-state index contributed by atoms with van der Waals surface area (Å²) in [6.45, 7) is 2.11. The number of carbonyl (C=O) groups is 1. The van der Waals surface area contributed by atoms with Crippen LogP contribution in [0.5, 0.6) is 11.5 Å². The summed E-state index contributed by atoms with van der Waals surface area (Å²) >= 11 is 16.3. The first kappa shape index (κ1) is 22.2. The van der Waals surface area contributed by atoms with Gasteiger partial charge in [-0.1, -0.05) is 47.5 Å². The summed E-state index contributed by atoms with van der Waals surface area (Å²) in [5.74, 6) is 0.557. The van der Waals surface area contributed by atoms with Gasteiger partial charge in [0.25, 0.3) is 0 Å². The number of nitrogen functional groups attached to an aromatic ring is 1. The average Bonchev–Trinajstić information content (AvgIpc) is 2.72. The zero-order chi connectivity index (χ0) is 21.7. The summed E-state index contributed by atoms with van der Waals surface area (Å²) in [5.41, 5.74) is 9.05. The first-order valence-electron chi connectivity index (χ1n) is 9.04. The van der Waals surface area contributed by atoms with E-state index in [-0.39, 0.29) is 5.97 Å². The number of esters is 1. The second-order valence-corrected chi connectivity index (χ2v) is 7.93. The van der Waals surface area contributed by atoms with Crippen molar-refractivity contribution in [1.29, 1.82) is 0 Å². The Morgan fingerprint density at radius 2 is 1.70 bits per heavy atom. The molecule has 0 bridgehead atoms. The number of benzene rings is 3. The Morgan fingerprint density at radius 1 is 1.03 bits per heavy atom. The fourth-order valence-electron chi connectivity index (χ4n) is 2.65. The molecule has 154 valence electrons. The van der Waals surface area contributed by atoms with Crippen molar-refractivity contribution in [2.75, 3.05) is 12.3 Å². The minimum Gasteiger partial charge on any atom is -0.463 e. The first-order valence-corrected chi connectivity index (χ1v) is 10.6. The van der Waals surface area contributed by atoms with Gasteiger partial charge < -0.3 is 15.2 Å². The van der Waals surface area contributed by atoms with E-state index < -0.39 is 0 Å². The molecule has 0 unspecified atom stereocenters. The molecule has 0 saturated carbocycles. The molecule has 0 fully saturated rings. The number of hydrogen-bond donors (Lipinski definition) is 1. The number of rotatable bonds is 6. The molecular weight excluding hydrogens is 489 g/mol. The molecule has 0 radical (unpaired) electrons. The van der Waals surface area contributed by atoms with Gasteiger partial charge in [-0.05, 0) is 76.0 Å². The fraction of sp³-hybridized carbons (Fsp3) is 0.0870. The number of carbonyl (C=O) groups excluding carboxylic acids is 1. The van der Waals surface area contributed by atoms with Crippen molar-refractivity contribution < 1.29 is 14.3 Å². The molecule has 3 aromatic carbocycles. The zero-order valence-electron chi connectivity index (χ0n) is 16.0. The van der Waals surface area contributed by atoms with Gasteiger partial charge in [0.15, 0.2) is 5.75 Å². The summed E-state index contributed by atoms with van der Waals surface area (Å²) in [7, 11) is 0. The first-order chi connectivity index (χ1) is 14.4. The summed E-state index contributed by atoms with van der Waals surface area (Å²) in [5, 5.41) is 0.772. The standard InChI is InChI=1S/C23H18BrCl2NO3/c1-2-29-22(28)10-5-14-3-6-15(7-4-14)16-11-19(25)23(20(26)12-16)30-17-8-9-21(27)18(24)13-17/h3-13H,2,27H2,1H3. The van der Waals surface area contributed by atoms with Crippen molar-refractivity contribution in [3.8, 4) is 22.6 Å². The topological polar surface area (TPSA) is 61.5 Å². The Labute approximate surface area is 193 Å². The van der Waals surface area contributed by atoms with E-state index in [2.05, 4.69) is 15.9 Å². The van der Waals surface area contributed by atoms with Crippen molar-refractivity contribution in [3.05, 3.63) is 80.8 Å². The van der Waals surface area contributed by atoms with E-state index in [1.165, 1.54) is 6.08 Å². The zero-order valence-corrected chi connectivity index (χ0v) is 19.1. The number of ether oxygens (including phenoxy) is 2. The molecule has 0 aliphatic carbocycles. The minimum absolute atomic E-state index is 0.346. The lowest BCUT2D eigenvalue weighted by atomic mass is 10.0. The summed E-state index contributed by atoms with van der Waals surface area (Å²) in [4.78, 5) is 11.4. The van der Waals surface area contributed by atoms with Crippen LogP contribution >= 0.6 is 39.1 Å². The second-order valence-electron chi connectivity index (χ2n) is 6.26. The molecule has 4 nitrogen and oxygen atoms in total. The smallest absolute Gasteiger partial charge is 0.330 e. The Kier molecular flexibility index (Phi) is 7.43. The van der Waals surface area contributed by atoms with Crippen LogP contribution in [0.25, 0.3) is 17.2 Å². The highest BCUT2D eigenvalue weighted by Crippen LogP contribution is 2.40. The largest absolute Gasteiger partial charge is 0.463 e. The van der Waals surface area contributed by atoms with Gasteiger partial charge in [0.1, 0.15) is 5.75 Å². The maximum Gasteiger partial charge on any atom is 0.330 e. The molecule has 30 heavy (non-hydrogen) atoms. The lowest BCUT2D eigenvalue weighted by molar-refractivity contribution is -0.137. The maximum atomic E-state index is 11.4. The van der Waals surface area contributed by atoms with E-state index in [1.54, 1.807) is 43.3 Å². The van der Waals surface area contributed by atoms with E-state index in [0.29, 0.717) is 33.8 Å². The summed E-state index contributed by atoms with van der Waals surface area (Å²) in [6, 6.07) is 16.4. The molecule has 0 saturated heterocycles. The van der Waals surface area contributed by atoms with Gasteiger partial charge in [-0.25, -0.2) is 4.79 Å². The molecule has 0 atom stereocenters. The Morgan fingerprint density at radius 3 is 2.30 bits per heavy atom. The van der Waals surface area contributed by atoms with Gasteiger partial charge in [0.2, 0.25) is 0 Å². The third-order valence-corrected chi connectivity index (χ3v) is 5.38. The second kappa shape index (κ2) is 10.0. The average molecular weight is 507 g/mol. The van der Waals surface area contributed by atoms with E-state index >= 15 is 0 Å². The van der Waals surface area contributed by atoms with Crippen LogP contribution in [0.2, 0.25) is 10.0 Å². The summed E-state index contributed by atoms with van der Waals surface area (Å²) in [6.07, 6.45) is 3.09. The van der Waals surface area contributed by atoms with E-state index in [4.69, 9.17) is 38.4 Å². The predicted molar refractivity (Wildman–Crippen MR) is 126 cm³/mol. The van der Waals surface area contributed by atoms with Gasteiger partial charge in [0.05, 0.1) is 16.7 Å². The highest BCUT2D eigenvalue weighted by Gasteiger charge is 2.13. The van der Waals surface area contributed by atoms with Crippen molar-refractivity contribution in [3.63, 3.8) is 0 Å². The van der Waals surface area contributed by atoms with Crippen LogP contribution in [-0.2, 0) is 9.53 Å². The Bertz CT molecular complexity index is 1080. The van der Waals surface area contributed by atoms with Crippen LogP contribution in [-0.4, -0.2) is 12.6 Å². The van der Waals surface area contributed by atoms with E-state index in [9.17, 15) is 4.79 Å². The van der Waals surface area contributed by atoms with Gasteiger partial charge in [0, 0.05) is 16.2 Å². The normalized spacial score (nSPS) is 10.9. The van der Waals surface area contributed by atoms with Crippen LogP contribution in [0, 0.1) is 0 Å². The fourth-order valence-corrected chi connectivity index (χ4v) is 3.58. The summed E-state index contributed by atoms with van der Waals surface area (Å²) < 4.78 is 11.5. The predicted octanol–water partition coefficient (Wildman–Crippen LogP) is 7.37. The SMILES string of the molecule is CCOC(=O)C=Cc1ccc(-c2cc(Cl)c(Oc3ccc(N)c(Br)c3)c(Cl)c2)cc1. The molecule has 0 aromatic heterocycles. The number of nitrogens with two attached hydrogens (primary N) is 1. The van der Waals surface area contributed by atoms with Gasteiger partial charge in [-0.15, -0.1) is 0 Å². The minimum atomic E-state index is -0.371. The van der Waals surface area contributed by atoms with Crippen LogP contribution < -0.4 is 10.5 Å². The molecule has 0 aliphatic rings. The molecular formula is C23H18BrCl2NO3. The lowest BCUT2D eigenvalue weighted by Gasteiger charge is -2.12. The van der Waals surface area contributed by atoms with Crippen LogP contribution in [0.15, 0.2) is 65.1 Å². The third-order valence-electron chi connectivity index (χ3n) is 4.13. The van der Waals surface area contributed by atoms with Gasteiger partial charge >= 0.3 is 5.97 Å². The molecule has 7 heteroatoms. The van der Waals surface area contributed by atoms with E-state index in [1.807, 2.05) is 24.3 Å². The molecule has 0 spiro atoms. The molecule has 3 aromatic rings. The lowest BCUT2D eigenvalue weighted by Crippen LogP contribution is -1.98. The highest BCUT2D eigenvalue weighted by molar-refractivity contribution is 9.10. The van der Waals surface area contributed by atoms with Gasteiger partial charge in [-0.2, -0.15) is 0 Å². The molecule has 3 rings (SSSR count). The number of anilines is 1. The molecule has 2 N–H and O–H groups in total. The van der Waals surface area contributed by atoms with Crippen molar-refractivity contribution in [2.24, 2.45) is 0 Å². The Balaban J connectivity index is 1.80. The van der Waals surface area contributed by atoms with Crippen LogP contribution in [0.4, 0.5) is 5.69 Å². The van der Waals surface area contributed by atoms with Crippen LogP contribution in [0.1, 0.15) is 12.5 Å². The van der Waals surface area contributed by atoms with Gasteiger partial charge in [-0.3, -0.25) is 0 Å².